The molecule has 5 nitrogen and oxygen atoms in total. The molecule has 0 heterocycles. The molecule has 0 bridgehead atoms. The molecule has 0 aromatic heterocycles. The van der Waals surface area contributed by atoms with Crippen molar-refractivity contribution in [2.24, 2.45) is 0 Å². The van der Waals surface area contributed by atoms with E-state index in [4.69, 9.17) is 4.74 Å². The summed E-state index contributed by atoms with van der Waals surface area (Å²) >= 11 is 0. The van der Waals surface area contributed by atoms with E-state index in [1.54, 1.807) is 11.9 Å². The van der Waals surface area contributed by atoms with Gasteiger partial charge < -0.3 is 14.4 Å². The number of methoxy groups -OCH3 is 1. The first-order valence-corrected chi connectivity index (χ1v) is 5.89. The molecule has 0 unspecified atom stereocenters. The first-order valence-electron chi connectivity index (χ1n) is 5.89. The molecule has 5 heteroatoms. The van der Waals surface area contributed by atoms with Crippen molar-refractivity contribution in [3.8, 4) is 0 Å². The maximum Gasteiger partial charge on any atom is 0.305 e. The zero-order chi connectivity index (χ0) is 13.3. The van der Waals surface area contributed by atoms with Gasteiger partial charge in [0.15, 0.2) is 0 Å². The van der Waals surface area contributed by atoms with E-state index >= 15 is 0 Å². The molecular formula is C12H23NO4. The molecule has 0 rings (SSSR count). The lowest BCUT2D eigenvalue weighted by molar-refractivity contribution is -0.141. The predicted octanol–water partition coefficient (Wildman–Crippen LogP) is 1.21. The van der Waals surface area contributed by atoms with Crippen LogP contribution in [0.1, 0.15) is 33.1 Å². The van der Waals surface area contributed by atoms with Crippen LogP contribution in [-0.4, -0.2) is 50.2 Å². The van der Waals surface area contributed by atoms with Crippen LogP contribution in [0, 0.1) is 0 Å². The quantitative estimate of drug-likeness (QED) is 0.603. The van der Waals surface area contributed by atoms with Gasteiger partial charge >= 0.3 is 5.97 Å². The van der Waals surface area contributed by atoms with Crippen molar-refractivity contribution in [2.45, 2.75) is 39.2 Å². The molecule has 0 aliphatic heterocycles. The molecule has 0 fully saturated rings. The van der Waals surface area contributed by atoms with Gasteiger partial charge in [0.1, 0.15) is 0 Å². The summed E-state index contributed by atoms with van der Waals surface area (Å²) in [6.45, 7) is 4.88. The van der Waals surface area contributed by atoms with Crippen molar-refractivity contribution in [3.05, 3.63) is 0 Å². The summed E-state index contributed by atoms with van der Waals surface area (Å²) in [4.78, 5) is 24.1. The van der Waals surface area contributed by atoms with E-state index in [0.29, 0.717) is 32.4 Å². The molecule has 17 heavy (non-hydrogen) atoms. The number of esters is 1. The highest BCUT2D eigenvalue weighted by Crippen LogP contribution is 1.99. The Morgan fingerprint density at radius 1 is 1.24 bits per heavy atom. The molecule has 0 saturated carbocycles. The van der Waals surface area contributed by atoms with E-state index in [1.807, 2.05) is 13.8 Å². The first-order chi connectivity index (χ1) is 7.97. The van der Waals surface area contributed by atoms with E-state index < -0.39 is 0 Å². The lowest BCUT2D eigenvalue weighted by atomic mass is 10.3. The van der Waals surface area contributed by atoms with Gasteiger partial charge in [0, 0.05) is 20.0 Å². The molecule has 0 aliphatic carbocycles. The van der Waals surface area contributed by atoms with Gasteiger partial charge in [-0.05, 0) is 20.3 Å². The zero-order valence-corrected chi connectivity index (χ0v) is 11.2. The van der Waals surface area contributed by atoms with Gasteiger partial charge in [0.2, 0.25) is 5.91 Å². The summed E-state index contributed by atoms with van der Waals surface area (Å²) in [6, 6.07) is 0. The average Bonchev–Trinajstić information content (AvgIpc) is 2.27. The van der Waals surface area contributed by atoms with Crippen LogP contribution in [0.2, 0.25) is 0 Å². The van der Waals surface area contributed by atoms with Gasteiger partial charge in [0.05, 0.1) is 26.2 Å². The molecule has 0 aliphatic rings. The van der Waals surface area contributed by atoms with Crippen molar-refractivity contribution < 1.29 is 19.1 Å². The van der Waals surface area contributed by atoms with Crippen molar-refractivity contribution in [2.75, 3.05) is 27.3 Å². The van der Waals surface area contributed by atoms with Gasteiger partial charge in [-0.25, -0.2) is 0 Å². The molecule has 0 radical (unpaired) electrons. The predicted molar refractivity (Wildman–Crippen MR) is 64.6 cm³/mol. The Morgan fingerprint density at radius 2 is 1.88 bits per heavy atom. The highest BCUT2D eigenvalue weighted by Gasteiger charge is 2.09. The van der Waals surface area contributed by atoms with Crippen molar-refractivity contribution in [3.63, 3.8) is 0 Å². The maximum atomic E-state index is 11.6. The van der Waals surface area contributed by atoms with Gasteiger partial charge in [-0.1, -0.05) is 0 Å². The van der Waals surface area contributed by atoms with Crippen LogP contribution in [0.3, 0.4) is 0 Å². The Labute approximate surface area is 103 Å². The Kier molecular flexibility index (Phi) is 8.40. The molecule has 0 atom stereocenters. The fourth-order valence-electron chi connectivity index (χ4n) is 1.26. The van der Waals surface area contributed by atoms with Crippen LogP contribution in [0.4, 0.5) is 0 Å². The third-order valence-corrected chi connectivity index (χ3v) is 2.29. The van der Waals surface area contributed by atoms with E-state index in [0.717, 1.165) is 0 Å². The SMILES string of the molecule is COC(=O)CCCN(C)C(=O)CCOC(C)C. The number of ether oxygens (including phenoxy) is 2. The van der Waals surface area contributed by atoms with Crippen LogP contribution >= 0.6 is 0 Å². The number of hydrogen-bond acceptors (Lipinski definition) is 4. The van der Waals surface area contributed by atoms with Crippen molar-refractivity contribution >= 4 is 11.9 Å². The topological polar surface area (TPSA) is 55.8 Å². The summed E-state index contributed by atoms with van der Waals surface area (Å²) in [7, 11) is 3.09. The monoisotopic (exact) mass is 245 g/mol. The molecular weight excluding hydrogens is 222 g/mol. The summed E-state index contributed by atoms with van der Waals surface area (Å²) in [5, 5.41) is 0. The second-order valence-corrected chi connectivity index (χ2v) is 4.16. The van der Waals surface area contributed by atoms with Gasteiger partial charge in [0.25, 0.3) is 0 Å². The van der Waals surface area contributed by atoms with Gasteiger partial charge in [-0.3, -0.25) is 9.59 Å². The molecule has 0 saturated heterocycles. The van der Waals surface area contributed by atoms with Crippen LogP contribution < -0.4 is 0 Å². The minimum Gasteiger partial charge on any atom is -0.469 e. The third-order valence-electron chi connectivity index (χ3n) is 2.29. The smallest absolute Gasteiger partial charge is 0.305 e. The number of hydrogen-bond donors (Lipinski definition) is 0. The van der Waals surface area contributed by atoms with E-state index in [2.05, 4.69) is 4.74 Å². The van der Waals surface area contributed by atoms with Crippen molar-refractivity contribution in [1.82, 2.24) is 4.90 Å². The second kappa shape index (κ2) is 8.98. The normalized spacial score (nSPS) is 10.4. The summed E-state index contributed by atoms with van der Waals surface area (Å²) in [6.07, 6.45) is 1.50. The van der Waals surface area contributed by atoms with Gasteiger partial charge in [-0.15, -0.1) is 0 Å². The summed E-state index contributed by atoms with van der Waals surface area (Å²) in [5.74, 6) is -0.204. The number of carbonyl (C=O) groups is 2. The molecule has 1 amide bonds. The van der Waals surface area contributed by atoms with E-state index in [1.165, 1.54) is 7.11 Å². The molecule has 0 spiro atoms. The Hall–Kier alpha value is -1.10. The maximum absolute atomic E-state index is 11.6. The second-order valence-electron chi connectivity index (χ2n) is 4.16. The minimum absolute atomic E-state index is 0.0375. The standard InChI is InChI=1S/C12H23NO4/c1-10(2)17-9-7-11(14)13(3)8-5-6-12(15)16-4/h10H,5-9H2,1-4H3. The molecule has 0 aromatic rings. The lowest BCUT2D eigenvalue weighted by Crippen LogP contribution is -2.29. The number of amides is 1. The molecule has 0 aromatic carbocycles. The minimum atomic E-state index is -0.242. The van der Waals surface area contributed by atoms with E-state index in [9.17, 15) is 9.59 Å². The number of carbonyl (C=O) groups excluding carboxylic acids is 2. The fraction of sp³-hybridized carbons (Fsp3) is 0.833. The van der Waals surface area contributed by atoms with Gasteiger partial charge in [-0.2, -0.15) is 0 Å². The Morgan fingerprint density at radius 3 is 2.41 bits per heavy atom. The Balaban J connectivity index is 3.63. The number of nitrogens with zero attached hydrogens (tertiary/aromatic N) is 1. The molecule has 0 N–H and O–H groups in total. The fourth-order valence-corrected chi connectivity index (χ4v) is 1.26. The number of rotatable bonds is 8. The summed E-state index contributed by atoms with van der Waals surface area (Å²) in [5.41, 5.74) is 0. The van der Waals surface area contributed by atoms with Crippen LogP contribution in [-0.2, 0) is 19.1 Å². The first kappa shape index (κ1) is 15.9. The van der Waals surface area contributed by atoms with Crippen LogP contribution in [0.25, 0.3) is 0 Å². The molecule has 100 valence electrons. The van der Waals surface area contributed by atoms with E-state index in [-0.39, 0.29) is 18.0 Å². The highest BCUT2D eigenvalue weighted by molar-refractivity contribution is 5.76. The van der Waals surface area contributed by atoms with Crippen LogP contribution in [0.5, 0.6) is 0 Å². The van der Waals surface area contributed by atoms with Crippen LogP contribution in [0.15, 0.2) is 0 Å². The highest BCUT2D eigenvalue weighted by atomic mass is 16.5. The summed E-state index contributed by atoms with van der Waals surface area (Å²) < 4.78 is 9.82. The lowest BCUT2D eigenvalue weighted by Gasteiger charge is -2.17. The third kappa shape index (κ3) is 8.68. The largest absolute Gasteiger partial charge is 0.469 e. The Bertz CT molecular complexity index is 241. The average molecular weight is 245 g/mol. The van der Waals surface area contributed by atoms with Crippen molar-refractivity contribution in [1.29, 1.82) is 0 Å². The zero-order valence-electron chi connectivity index (χ0n) is 11.2.